The van der Waals surface area contributed by atoms with Crippen molar-refractivity contribution < 1.29 is 23.7 Å². The zero-order chi connectivity index (χ0) is 28.1. The number of hydrogen-bond acceptors (Lipinski definition) is 5. The van der Waals surface area contributed by atoms with Crippen molar-refractivity contribution in [3.8, 4) is 0 Å². The number of fused-ring (bicyclic) bond motifs is 1. The molecule has 0 amide bonds. The molecule has 2 aliphatic rings. The summed E-state index contributed by atoms with van der Waals surface area (Å²) < 4.78 is 32.2. The Morgan fingerprint density at radius 1 is 0.683 bits per heavy atom. The molecule has 2 saturated heterocycles. The lowest BCUT2D eigenvalue weighted by molar-refractivity contribution is -0.218. The Kier molecular flexibility index (Phi) is 8.33. The van der Waals surface area contributed by atoms with Gasteiger partial charge in [-0.05, 0) is 42.5 Å². The molecule has 2 heterocycles. The summed E-state index contributed by atoms with van der Waals surface area (Å²) in [6.45, 7) is 5.41. The molecule has 2 fully saturated rings. The van der Waals surface area contributed by atoms with Gasteiger partial charge in [-0.2, -0.15) is 0 Å². The molecule has 4 aromatic rings. The first-order chi connectivity index (χ1) is 20.1. The average Bonchev–Trinajstić information content (AvgIpc) is 3.48. The molecule has 41 heavy (non-hydrogen) atoms. The van der Waals surface area contributed by atoms with E-state index in [4.69, 9.17) is 23.7 Å². The number of ether oxygens (including phenoxy) is 5. The van der Waals surface area contributed by atoms with Crippen LogP contribution >= 0.6 is 0 Å². The van der Waals surface area contributed by atoms with Crippen LogP contribution in [0.1, 0.15) is 42.5 Å². The number of benzene rings is 4. The lowest BCUT2D eigenvalue weighted by Crippen LogP contribution is -2.39. The van der Waals surface area contributed by atoms with Crippen LogP contribution in [0.15, 0.2) is 121 Å². The molecule has 6 rings (SSSR count). The minimum Gasteiger partial charge on any atom is -0.377 e. The lowest BCUT2D eigenvalue weighted by Gasteiger charge is -2.37. The topological polar surface area (TPSA) is 46.2 Å². The minimum atomic E-state index is -0.819. The zero-order valence-corrected chi connectivity index (χ0v) is 23.7. The Hall–Kier alpha value is -3.32. The summed E-state index contributed by atoms with van der Waals surface area (Å²) in [5.74, 6) is -0.635. The molecule has 4 atom stereocenters. The van der Waals surface area contributed by atoms with Gasteiger partial charge in [0.1, 0.15) is 11.7 Å². The molecule has 212 valence electrons. The van der Waals surface area contributed by atoms with Crippen LogP contribution in [0.4, 0.5) is 0 Å². The van der Waals surface area contributed by atoms with Gasteiger partial charge in [-0.25, -0.2) is 0 Å². The number of rotatable bonds is 11. The van der Waals surface area contributed by atoms with Crippen molar-refractivity contribution in [2.24, 2.45) is 5.92 Å². The van der Waals surface area contributed by atoms with E-state index in [0.717, 1.165) is 28.7 Å². The number of hydrogen-bond donors (Lipinski definition) is 0. The summed E-state index contributed by atoms with van der Waals surface area (Å²) in [4.78, 5) is 0. The SMILES string of the molecule is CC1(C)OC2[C@H](O[C@H](COC(c3ccccc3)(c3ccccc3)c3ccccc3)[C@@H]2CCOCc2ccccc2)O1. The molecule has 0 radical (unpaired) electrons. The summed E-state index contributed by atoms with van der Waals surface area (Å²) in [6, 6.07) is 41.5. The van der Waals surface area contributed by atoms with Gasteiger partial charge in [-0.15, -0.1) is 0 Å². The van der Waals surface area contributed by atoms with Crippen LogP contribution in [0, 0.1) is 5.92 Å². The molecule has 0 saturated carbocycles. The molecule has 0 N–H and O–H groups in total. The Labute approximate surface area is 243 Å². The Balaban J connectivity index is 1.27. The van der Waals surface area contributed by atoms with Gasteiger partial charge >= 0.3 is 0 Å². The second kappa shape index (κ2) is 12.3. The predicted molar refractivity (Wildman–Crippen MR) is 158 cm³/mol. The molecule has 5 heteroatoms. The second-order valence-electron chi connectivity index (χ2n) is 11.2. The normalized spacial score (nSPS) is 23.4. The maximum atomic E-state index is 7.12. The van der Waals surface area contributed by atoms with E-state index < -0.39 is 17.7 Å². The highest BCUT2D eigenvalue weighted by Crippen LogP contribution is 2.45. The van der Waals surface area contributed by atoms with Gasteiger partial charge in [-0.3, -0.25) is 0 Å². The van der Waals surface area contributed by atoms with Crippen molar-refractivity contribution in [3.63, 3.8) is 0 Å². The van der Waals surface area contributed by atoms with Crippen LogP contribution in [0.5, 0.6) is 0 Å². The standard InChI is InChI=1S/C36H38O5/c1-35(2)40-33-31(23-24-37-25-27-15-7-3-8-16-27)32(39-34(33)41-35)26-38-36(28-17-9-4-10-18-28,29-19-11-5-12-20-29)30-21-13-6-14-22-30/h3-22,31-34H,23-26H2,1-2H3/t31-,32+,33?,34+/m0/s1. The van der Waals surface area contributed by atoms with Crippen molar-refractivity contribution in [2.75, 3.05) is 13.2 Å². The lowest BCUT2D eigenvalue weighted by atomic mass is 9.80. The molecule has 4 aromatic carbocycles. The van der Waals surface area contributed by atoms with Gasteiger partial charge in [0.2, 0.25) is 0 Å². The molecule has 5 nitrogen and oxygen atoms in total. The molecule has 0 bridgehead atoms. The van der Waals surface area contributed by atoms with E-state index in [-0.39, 0.29) is 18.1 Å². The molecule has 1 unspecified atom stereocenters. The van der Waals surface area contributed by atoms with Crippen molar-refractivity contribution in [1.29, 1.82) is 0 Å². The van der Waals surface area contributed by atoms with Crippen LogP contribution in [0.25, 0.3) is 0 Å². The van der Waals surface area contributed by atoms with E-state index >= 15 is 0 Å². The molecular formula is C36H38O5. The van der Waals surface area contributed by atoms with Crippen molar-refractivity contribution in [3.05, 3.63) is 144 Å². The first-order valence-corrected chi connectivity index (χ1v) is 14.5. The monoisotopic (exact) mass is 550 g/mol. The van der Waals surface area contributed by atoms with Crippen molar-refractivity contribution >= 4 is 0 Å². The van der Waals surface area contributed by atoms with Crippen molar-refractivity contribution in [1.82, 2.24) is 0 Å². The van der Waals surface area contributed by atoms with E-state index in [1.54, 1.807) is 0 Å². The fourth-order valence-electron chi connectivity index (χ4n) is 6.11. The van der Waals surface area contributed by atoms with Gasteiger partial charge in [0.05, 0.1) is 19.3 Å². The molecule has 2 aliphatic heterocycles. The summed E-state index contributed by atoms with van der Waals surface area (Å²) in [5, 5.41) is 0. The fraction of sp³-hybridized carbons (Fsp3) is 0.333. The molecule has 0 spiro atoms. The average molecular weight is 551 g/mol. The summed E-state index contributed by atoms with van der Waals surface area (Å²) in [7, 11) is 0. The zero-order valence-electron chi connectivity index (χ0n) is 23.7. The van der Waals surface area contributed by atoms with E-state index in [0.29, 0.717) is 19.8 Å². The Morgan fingerprint density at radius 2 is 1.20 bits per heavy atom. The van der Waals surface area contributed by atoms with Gasteiger partial charge in [0, 0.05) is 12.5 Å². The van der Waals surface area contributed by atoms with Crippen LogP contribution in [0.3, 0.4) is 0 Å². The van der Waals surface area contributed by atoms with Crippen LogP contribution in [-0.2, 0) is 35.9 Å². The van der Waals surface area contributed by atoms with Gasteiger partial charge in [0.15, 0.2) is 12.1 Å². The third kappa shape index (κ3) is 6.01. The van der Waals surface area contributed by atoms with E-state index in [2.05, 4.69) is 84.9 Å². The minimum absolute atomic E-state index is 0.0533. The highest BCUT2D eigenvalue weighted by atomic mass is 16.8. The first kappa shape index (κ1) is 27.8. The summed E-state index contributed by atoms with van der Waals surface area (Å²) in [5.41, 5.74) is 3.53. The van der Waals surface area contributed by atoms with Crippen LogP contribution in [0.2, 0.25) is 0 Å². The molecular weight excluding hydrogens is 512 g/mol. The maximum absolute atomic E-state index is 7.12. The van der Waals surface area contributed by atoms with Crippen molar-refractivity contribution in [2.45, 2.75) is 56.8 Å². The van der Waals surface area contributed by atoms with E-state index in [9.17, 15) is 0 Å². The summed E-state index contributed by atoms with van der Waals surface area (Å²) in [6.07, 6.45) is -0.0658. The van der Waals surface area contributed by atoms with Gasteiger partial charge < -0.3 is 23.7 Å². The Bertz CT molecular complexity index is 1260. The molecule has 0 aliphatic carbocycles. The highest BCUT2D eigenvalue weighted by molar-refractivity contribution is 5.47. The highest BCUT2D eigenvalue weighted by Gasteiger charge is 2.55. The summed E-state index contributed by atoms with van der Waals surface area (Å²) >= 11 is 0. The third-order valence-electron chi connectivity index (χ3n) is 8.01. The quantitative estimate of drug-likeness (QED) is 0.147. The van der Waals surface area contributed by atoms with E-state index in [1.807, 2.05) is 50.2 Å². The molecule has 0 aromatic heterocycles. The predicted octanol–water partition coefficient (Wildman–Crippen LogP) is 7.09. The fourth-order valence-corrected chi connectivity index (χ4v) is 6.11. The van der Waals surface area contributed by atoms with Crippen LogP contribution in [-0.4, -0.2) is 37.5 Å². The second-order valence-corrected chi connectivity index (χ2v) is 11.2. The Morgan fingerprint density at radius 3 is 1.73 bits per heavy atom. The largest absolute Gasteiger partial charge is 0.377 e. The third-order valence-corrected chi connectivity index (χ3v) is 8.01. The van der Waals surface area contributed by atoms with Gasteiger partial charge in [-0.1, -0.05) is 121 Å². The van der Waals surface area contributed by atoms with Crippen LogP contribution < -0.4 is 0 Å². The maximum Gasteiger partial charge on any atom is 0.187 e. The first-order valence-electron chi connectivity index (χ1n) is 14.5. The smallest absolute Gasteiger partial charge is 0.187 e. The van der Waals surface area contributed by atoms with E-state index in [1.165, 1.54) is 0 Å². The van der Waals surface area contributed by atoms with Gasteiger partial charge in [0.25, 0.3) is 0 Å².